The normalized spacial score (nSPS) is 18.1. The van der Waals surface area contributed by atoms with Crippen LogP contribution in [0, 0.1) is 0 Å². The van der Waals surface area contributed by atoms with Gasteiger partial charge < -0.3 is 20.1 Å². The zero-order valence-electron chi connectivity index (χ0n) is 10.4. The Hall–Kier alpha value is -0.760. The first-order chi connectivity index (χ1) is 8.84. The summed E-state index contributed by atoms with van der Waals surface area (Å²) in [5.41, 5.74) is 0. The van der Waals surface area contributed by atoms with E-state index in [1.165, 1.54) is 25.9 Å². The number of aromatic nitrogens is 2. The second kappa shape index (κ2) is 7.63. The molecule has 0 radical (unpaired) electrons. The standard InChI is InChI=1S/C11H20N4O2S/c16-10(9-17-11-8-13-18-14-11)7-12-3-6-15-4-1-2-5-15/h8,10,12,16H,1-7,9H2. The molecule has 6 nitrogen and oxygen atoms in total. The molecule has 18 heavy (non-hydrogen) atoms. The van der Waals surface area contributed by atoms with Gasteiger partial charge in [-0.25, -0.2) is 0 Å². The summed E-state index contributed by atoms with van der Waals surface area (Å²) in [7, 11) is 0. The van der Waals surface area contributed by atoms with Crippen molar-refractivity contribution in [3.8, 4) is 5.88 Å². The van der Waals surface area contributed by atoms with Crippen molar-refractivity contribution < 1.29 is 9.84 Å². The third-order valence-corrected chi connectivity index (χ3v) is 3.41. The maximum absolute atomic E-state index is 9.69. The number of hydrogen-bond donors (Lipinski definition) is 2. The second-order valence-corrected chi connectivity index (χ2v) is 5.02. The molecule has 2 heterocycles. The van der Waals surface area contributed by atoms with Gasteiger partial charge in [0.1, 0.15) is 18.9 Å². The van der Waals surface area contributed by atoms with Gasteiger partial charge in [-0.15, -0.1) is 4.37 Å². The quantitative estimate of drug-likeness (QED) is 0.647. The predicted molar refractivity (Wildman–Crippen MR) is 70.0 cm³/mol. The van der Waals surface area contributed by atoms with Crippen LogP contribution >= 0.6 is 11.7 Å². The van der Waals surface area contributed by atoms with Crippen LogP contribution in [0.4, 0.5) is 0 Å². The topological polar surface area (TPSA) is 70.5 Å². The van der Waals surface area contributed by atoms with Crippen LogP contribution in [0.15, 0.2) is 6.20 Å². The summed E-state index contributed by atoms with van der Waals surface area (Å²) in [5.74, 6) is 0.483. The number of aliphatic hydroxyl groups excluding tert-OH is 1. The van der Waals surface area contributed by atoms with Gasteiger partial charge in [0.05, 0.1) is 11.7 Å². The minimum Gasteiger partial charge on any atom is -0.473 e. The fourth-order valence-electron chi connectivity index (χ4n) is 1.97. The number of rotatable bonds is 8. The molecule has 7 heteroatoms. The van der Waals surface area contributed by atoms with Gasteiger partial charge in [0.15, 0.2) is 0 Å². The Kier molecular flexibility index (Phi) is 5.79. The minimum absolute atomic E-state index is 0.252. The molecular formula is C11H20N4O2S. The van der Waals surface area contributed by atoms with E-state index in [1.54, 1.807) is 6.20 Å². The number of hydrogen-bond acceptors (Lipinski definition) is 7. The van der Waals surface area contributed by atoms with E-state index >= 15 is 0 Å². The Balaban J connectivity index is 1.48. The Morgan fingerprint density at radius 1 is 1.50 bits per heavy atom. The highest BCUT2D eigenvalue weighted by Gasteiger charge is 2.11. The molecule has 0 aliphatic carbocycles. The number of ether oxygens (including phenoxy) is 1. The second-order valence-electron chi connectivity index (χ2n) is 4.46. The molecule has 2 rings (SSSR count). The third-order valence-electron chi connectivity index (χ3n) is 2.95. The lowest BCUT2D eigenvalue weighted by Gasteiger charge is -2.16. The number of likely N-dealkylation sites (tertiary alicyclic amines) is 1. The molecule has 0 amide bonds. The van der Waals surface area contributed by atoms with E-state index in [9.17, 15) is 5.11 Å². The van der Waals surface area contributed by atoms with Crippen molar-refractivity contribution in [1.29, 1.82) is 0 Å². The van der Waals surface area contributed by atoms with Crippen LogP contribution in [0.3, 0.4) is 0 Å². The van der Waals surface area contributed by atoms with Crippen molar-refractivity contribution >= 4 is 11.7 Å². The van der Waals surface area contributed by atoms with Crippen LogP contribution in [0.25, 0.3) is 0 Å². The van der Waals surface area contributed by atoms with Gasteiger partial charge in [0.2, 0.25) is 5.88 Å². The molecule has 1 atom stereocenters. The van der Waals surface area contributed by atoms with Gasteiger partial charge in [-0.3, -0.25) is 0 Å². The Morgan fingerprint density at radius 2 is 2.33 bits per heavy atom. The van der Waals surface area contributed by atoms with Crippen molar-refractivity contribution in [3.63, 3.8) is 0 Å². The first kappa shape index (κ1) is 13.7. The predicted octanol–water partition coefficient (Wildman–Crippen LogP) is -0.0368. The van der Waals surface area contributed by atoms with E-state index in [2.05, 4.69) is 19.0 Å². The highest BCUT2D eigenvalue weighted by atomic mass is 32.1. The van der Waals surface area contributed by atoms with Gasteiger partial charge in [0, 0.05) is 19.6 Å². The molecular weight excluding hydrogens is 252 g/mol. The molecule has 102 valence electrons. The zero-order valence-corrected chi connectivity index (χ0v) is 11.2. The molecule has 0 aromatic carbocycles. The SMILES string of the molecule is OC(CNCCN1CCCC1)COc1cnsn1. The van der Waals surface area contributed by atoms with Crippen molar-refractivity contribution in [2.75, 3.05) is 39.3 Å². The molecule has 0 bridgehead atoms. The number of aliphatic hydroxyl groups is 1. The van der Waals surface area contributed by atoms with E-state index in [1.807, 2.05) is 0 Å². The third kappa shape index (κ3) is 4.85. The average molecular weight is 272 g/mol. The summed E-state index contributed by atoms with van der Waals surface area (Å²) >= 11 is 1.10. The van der Waals surface area contributed by atoms with Crippen LogP contribution in [-0.2, 0) is 0 Å². The maximum Gasteiger partial charge on any atom is 0.245 e. The van der Waals surface area contributed by atoms with E-state index in [4.69, 9.17) is 4.74 Å². The molecule has 1 unspecified atom stereocenters. The first-order valence-corrected chi connectivity index (χ1v) is 7.09. The van der Waals surface area contributed by atoms with Crippen LogP contribution in [0.2, 0.25) is 0 Å². The van der Waals surface area contributed by atoms with Crippen molar-refractivity contribution in [2.45, 2.75) is 18.9 Å². The highest BCUT2D eigenvalue weighted by Crippen LogP contribution is 2.06. The molecule has 1 fully saturated rings. The van der Waals surface area contributed by atoms with E-state index in [0.717, 1.165) is 24.8 Å². The van der Waals surface area contributed by atoms with Crippen LogP contribution < -0.4 is 10.1 Å². The largest absolute Gasteiger partial charge is 0.473 e. The van der Waals surface area contributed by atoms with Crippen molar-refractivity contribution in [2.24, 2.45) is 0 Å². The maximum atomic E-state index is 9.69. The fourth-order valence-corrected chi connectivity index (χ4v) is 2.34. The van der Waals surface area contributed by atoms with Gasteiger partial charge in [0.25, 0.3) is 0 Å². The monoisotopic (exact) mass is 272 g/mol. The van der Waals surface area contributed by atoms with Crippen LogP contribution in [-0.4, -0.2) is 64.2 Å². The van der Waals surface area contributed by atoms with E-state index in [0.29, 0.717) is 12.4 Å². The van der Waals surface area contributed by atoms with E-state index in [-0.39, 0.29) is 6.61 Å². The smallest absolute Gasteiger partial charge is 0.245 e. The summed E-state index contributed by atoms with van der Waals surface area (Å²) in [6.07, 6.45) is 3.68. The lowest BCUT2D eigenvalue weighted by atomic mass is 10.3. The van der Waals surface area contributed by atoms with Gasteiger partial charge in [-0.2, -0.15) is 4.37 Å². The average Bonchev–Trinajstić information content (AvgIpc) is 3.04. The Morgan fingerprint density at radius 3 is 3.06 bits per heavy atom. The number of nitrogens with zero attached hydrogens (tertiary/aromatic N) is 3. The minimum atomic E-state index is -0.509. The van der Waals surface area contributed by atoms with Crippen molar-refractivity contribution in [3.05, 3.63) is 6.20 Å². The summed E-state index contributed by atoms with van der Waals surface area (Å²) in [5, 5.41) is 12.9. The molecule has 1 aromatic rings. The lowest BCUT2D eigenvalue weighted by Crippen LogP contribution is -2.36. The Bertz CT molecular complexity index is 317. The lowest BCUT2D eigenvalue weighted by molar-refractivity contribution is 0.104. The molecule has 0 spiro atoms. The summed E-state index contributed by atoms with van der Waals surface area (Å²) in [6, 6.07) is 0. The molecule has 0 saturated carbocycles. The van der Waals surface area contributed by atoms with Crippen LogP contribution in [0.1, 0.15) is 12.8 Å². The van der Waals surface area contributed by atoms with Gasteiger partial charge in [-0.1, -0.05) is 0 Å². The van der Waals surface area contributed by atoms with Gasteiger partial charge >= 0.3 is 0 Å². The summed E-state index contributed by atoms with van der Waals surface area (Å²) in [4.78, 5) is 2.44. The summed E-state index contributed by atoms with van der Waals surface area (Å²) in [6.45, 7) is 5.20. The fraction of sp³-hybridized carbons (Fsp3) is 0.818. The molecule has 1 aliphatic heterocycles. The highest BCUT2D eigenvalue weighted by molar-refractivity contribution is 6.99. The molecule has 1 aromatic heterocycles. The van der Waals surface area contributed by atoms with E-state index < -0.39 is 6.10 Å². The molecule has 2 N–H and O–H groups in total. The van der Waals surface area contributed by atoms with Crippen LogP contribution in [0.5, 0.6) is 5.88 Å². The van der Waals surface area contributed by atoms with Gasteiger partial charge in [-0.05, 0) is 25.9 Å². The summed E-state index contributed by atoms with van der Waals surface area (Å²) < 4.78 is 13.0. The Labute approximate surface area is 111 Å². The van der Waals surface area contributed by atoms with Crippen molar-refractivity contribution in [1.82, 2.24) is 19.0 Å². The first-order valence-electron chi connectivity index (χ1n) is 6.36. The molecule has 1 aliphatic rings. The molecule has 1 saturated heterocycles. The number of nitrogens with one attached hydrogen (secondary N) is 1. The zero-order chi connectivity index (χ0) is 12.6.